The topological polar surface area (TPSA) is 63.6 Å². The van der Waals surface area contributed by atoms with Gasteiger partial charge in [0.05, 0.1) is 34.5 Å². The summed E-state index contributed by atoms with van der Waals surface area (Å²) in [6.07, 6.45) is -7.07. The molecule has 5 rings (SSSR count). The molecule has 1 saturated heterocycles. The highest BCUT2D eigenvalue weighted by Crippen LogP contribution is 2.54. The Kier molecular flexibility index (Phi) is 7.25. The molecule has 1 saturated carbocycles. The van der Waals surface area contributed by atoms with E-state index >= 15 is 0 Å². The maximum absolute atomic E-state index is 14.5. The summed E-state index contributed by atoms with van der Waals surface area (Å²) < 4.78 is 99.9. The van der Waals surface area contributed by atoms with Crippen LogP contribution in [0.1, 0.15) is 28.8 Å². The van der Waals surface area contributed by atoms with Crippen LogP contribution in [0.2, 0.25) is 15.2 Å². The largest absolute Gasteiger partial charge is 0.435 e. The maximum Gasteiger partial charge on any atom is 0.435 e. The number of rotatable bonds is 7. The summed E-state index contributed by atoms with van der Waals surface area (Å²) in [5.41, 5.74) is -7.01. The van der Waals surface area contributed by atoms with Crippen LogP contribution in [0.3, 0.4) is 0 Å². The van der Waals surface area contributed by atoms with Crippen LogP contribution in [0.15, 0.2) is 36.8 Å². The Hall–Kier alpha value is -2.61. The van der Waals surface area contributed by atoms with Crippen LogP contribution < -0.4 is 0 Å². The molecule has 2 aromatic heterocycles. The van der Waals surface area contributed by atoms with Gasteiger partial charge in [0.1, 0.15) is 10.8 Å². The number of halogens is 10. The van der Waals surface area contributed by atoms with Crippen LogP contribution in [0.4, 0.5) is 30.7 Å². The maximum atomic E-state index is 14.5. The number of amides is 1. The molecule has 40 heavy (non-hydrogen) atoms. The van der Waals surface area contributed by atoms with E-state index in [1.165, 1.54) is 24.7 Å². The molecule has 1 atom stereocenters. The van der Waals surface area contributed by atoms with Crippen LogP contribution in [-0.4, -0.2) is 63.2 Å². The minimum Gasteiger partial charge on any atom is -0.371 e. The van der Waals surface area contributed by atoms with E-state index in [2.05, 4.69) is 10.1 Å². The number of epoxide rings is 1. The predicted octanol–water partition coefficient (Wildman–Crippen LogP) is 7.19. The quantitative estimate of drug-likeness (QED) is 0.157. The number of alkyl halides is 7. The molecular weight excluding hydrogens is 616 g/mol. The van der Waals surface area contributed by atoms with Gasteiger partial charge in [-0.25, -0.2) is 14.1 Å². The molecule has 2 aliphatic rings. The Morgan fingerprint density at radius 1 is 0.975 bits per heavy atom. The molecular formula is C24H16Cl3F7N4O2. The molecule has 1 aliphatic heterocycles. The zero-order valence-electron chi connectivity index (χ0n) is 19.8. The Balaban J connectivity index is 1.47. The van der Waals surface area contributed by atoms with Crippen LogP contribution in [0.5, 0.6) is 0 Å². The van der Waals surface area contributed by atoms with Crippen molar-refractivity contribution in [3.63, 3.8) is 0 Å². The molecule has 3 aromatic rings. The van der Waals surface area contributed by atoms with E-state index in [4.69, 9.17) is 39.5 Å². The van der Waals surface area contributed by atoms with Gasteiger partial charge < -0.3 is 9.64 Å². The lowest BCUT2D eigenvalue weighted by Crippen LogP contribution is -2.50. The van der Waals surface area contributed by atoms with E-state index in [9.17, 15) is 35.5 Å². The van der Waals surface area contributed by atoms with Crippen LogP contribution >= 0.6 is 34.8 Å². The minimum absolute atomic E-state index is 0.0331. The number of ether oxygens (including phenoxy) is 1. The zero-order chi connectivity index (χ0) is 29.2. The van der Waals surface area contributed by atoms with Crippen molar-refractivity contribution in [2.75, 3.05) is 13.2 Å². The molecule has 1 amide bonds. The third-order valence-electron chi connectivity index (χ3n) is 6.46. The average molecular weight is 632 g/mol. The van der Waals surface area contributed by atoms with Crippen LogP contribution in [0.25, 0.3) is 16.8 Å². The van der Waals surface area contributed by atoms with Gasteiger partial charge >= 0.3 is 18.0 Å². The number of pyridine rings is 1. The first-order chi connectivity index (χ1) is 18.6. The Bertz CT molecular complexity index is 1430. The molecule has 214 valence electrons. The Morgan fingerprint density at radius 2 is 1.57 bits per heavy atom. The monoisotopic (exact) mass is 630 g/mol. The molecule has 0 spiro atoms. The van der Waals surface area contributed by atoms with Gasteiger partial charge in [0.15, 0.2) is 0 Å². The number of aromatic nitrogens is 3. The van der Waals surface area contributed by atoms with Crippen molar-refractivity contribution in [2.45, 2.75) is 43.0 Å². The van der Waals surface area contributed by atoms with Gasteiger partial charge in [-0.1, -0.05) is 34.8 Å². The summed E-state index contributed by atoms with van der Waals surface area (Å²) in [5.74, 6) is -0.338. The Morgan fingerprint density at radius 3 is 2.10 bits per heavy atom. The number of hydrogen-bond donors (Lipinski definition) is 0. The average Bonchev–Trinajstić information content (AvgIpc) is 3.79. The summed E-state index contributed by atoms with van der Waals surface area (Å²) in [4.78, 5) is 19.0. The normalized spacial score (nSPS) is 17.7. The number of carbonyl (C=O) groups is 1. The summed E-state index contributed by atoms with van der Waals surface area (Å²) in [6.45, 7) is 0.977. The lowest BCUT2D eigenvalue weighted by Gasteiger charge is -2.30. The summed E-state index contributed by atoms with van der Waals surface area (Å²) in [5, 5.41) is 2.55. The molecule has 1 aliphatic carbocycles. The van der Waals surface area contributed by atoms with Gasteiger partial charge in [0, 0.05) is 41.7 Å². The minimum atomic E-state index is -6.34. The first-order valence-corrected chi connectivity index (χ1v) is 12.7. The molecule has 0 bridgehead atoms. The third kappa shape index (κ3) is 5.24. The number of benzene rings is 1. The summed E-state index contributed by atoms with van der Waals surface area (Å²) in [7, 11) is 0. The second-order valence-corrected chi connectivity index (χ2v) is 10.5. The van der Waals surface area contributed by atoms with Gasteiger partial charge in [-0.3, -0.25) is 4.79 Å². The molecule has 1 unspecified atom stereocenters. The fourth-order valence-electron chi connectivity index (χ4n) is 4.15. The van der Waals surface area contributed by atoms with Crippen molar-refractivity contribution < 1.29 is 40.3 Å². The number of hydrogen-bond acceptors (Lipinski definition) is 4. The van der Waals surface area contributed by atoms with Crippen LogP contribution in [0, 0.1) is 0 Å². The standard InChI is InChI=1S/C24H16Cl3F7N4O2/c25-17-4-13(22(28,23(29,30)31)24(32,33)34)5-18(26)19(17)38-8-12(7-36-38)11-3-16(20(27)35-6-11)21(39)37(14-1-2-14)9-15-10-40-15/h3-8,14-15H,1-2,9-10H2. The molecule has 2 fully saturated rings. The van der Waals surface area contributed by atoms with Gasteiger partial charge in [0.2, 0.25) is 0 Å². The highest BCUT2D eigenvalue weighted by atomic mass is 35.5. The van der Waals surface area contributed by atoms with Crippen LogP contribution in [-0.2, 0) is 10.4 Å². The number of carbonyl (C=O) groups excluding carboxylic acids is 1. The van der Waals surface area contributed by atoms with E-state index in [1.54, 1.807) is 4.90 Å². The van der Waals surface area contributed by atoms with Crippen molar-refractivity contribution in [3.8, 4) is 16.8 Å². The highest BCUT2D eigenvalue weighted by molar-refractivity contribution is 6.38. The molecule has 1 aromatic carbocycles. The van der Waals surface area contributed by atoms with Crippen molar-refractivity contribution in [2.24, 2.45) is 0 Å². The predicted molar refractivity (Wildman–Crippen MR) is 131 cm³/mol. The fourth-order valence-corrected chi connectivity index (χ4v) is 5.00. The lowest BCUT2D eigenvalue weighted by molar-refractivity contribution is -0.348. The third-order valence-corrected chi connectivity index (χ3v) is 7.34. The smallest absolute Gasteiger partial charge is 0.371 e. The lowest BCUT2D eigenvalue weighted by atomic mass is 9.94. The van der Waals surface area contributed by atoms with E-state index < -0.39 is 33.6 Å². The SMILES string of the molecule is O=C(c1cc(-c2cnn(-c3c(Cl)cc(C(F)(C(F)(F)F)C(F)(F)F)cc3Cl)c2)cnc1Cl)N(CC1CO1)C1CC1. The zero-order valence-corrected chi connectivity index (χ0v) is 22.1. The first kappa shape index (κ1) is 28.9. The number of nitrogens with zero attached hydrogens (tertiary/aromatic N) is 4. The highest BCUT2D eigenvalue weighted by Gasteiger charge is 2.73. The van der Waals surface area contributed by atoms with E-state index in [0.717, 1.165) is 17.5 Å². The Labute approximate surface area is 236 Å². The molecule has 0 radical (unpaired) electrons. The molecule has 0 N–H and O–H groups in total. The summed E-state index contributed by atoms with van der Waals surface area (Å²) >= 11 is 18.2. The summed E-state index contributed by atoms with van der Waals surface area (Å²) in [6, 6.07) is 1.95. The van der Waals surface area contributed by atoms with Gasteiger partial charge in [0.25, 0.3) is 5.91 Å². The van der Waals surface area contributed by atoms with E-state index in [1.807, 2.05) is 0 Å². The van der Waals surface area contributed by atoms with E-state index in [-0.39, 0.29) is 46.6 Å². The molecule has 16 heteroatoms. The molecule has 6 nitrogen and oxygen atoms in total. The van der Waals surface area contributed by atoms with Gasteiger partial charge in [-0.15, -0.1) is 0 Å². The second kappa shape index (κ2) is 10.0. The van der Waals surface area contributed by atoms with Gasteiger partial charge in [-0.2, -0.15) is 31.4 Å². The van der Waals surface area contributed by atoms with Crippen molar-refractivity contribution in [1.29, 1.82) is 0 Å². The van der Waals surface area contributed by atoms with Crippen molar-refractivity contribution >= 4 is 40.7 Å². The first-order valence-electron chi connectivity index (χ1n) is 11.6. The fraction of sp³-hybridized carbons (Fsp3) is 0.375. The van der Waals surface area contributed by atoms with E-state index in [0.29, 0.717) is 24.3 Å². The van der Waals surface area contributed by atoms with Crippen molar-refractivity contribution in [3.05, 3.63) is 63.1 Å². The molecule has 3 heterocycles. The van der Waals surface area contributed by atoms with Crippen molar-refractivity contribution in [1.82, 2.24) is 19.7 Å². The second-order valence-electron chi connectivity index (χ2n) is 9.32. The van der Waals surface area contributed by atoms with Gasteiger partial charge in [-0.05, 0) is 31.0 Å².